The summed E-state index contributed by atoms with van der Waals surface area (Å²) in [6.07, 6.45) is 0.0483. The van der Waals surface area contributed by atoms with Crippen molar-refractivity contribution in [1.29, 1.82) is 0 Å². The van der Waals surface area contributed by atoms with Crippen LogP contribution < -0.4 is 11.1 Å². The third-order valence-corrected chi connectivity index (χ3v) is 5.39. The van der Waals surface area contributed by atoms with Crippen molar-refractivity contribution < 1.29 is 13.9 Å². The Morgan fingerprint density at radius 3 is 2.84 bits per heavy atom. The lowest BCUT2D eigenvalue weighted by Crippen LogP contribution is -2.44. The third-order valence-electron chi connectivity index (χ3n) is 5.06. The van der Waals surface area contributed by atoms with Crippen LogP contribution in [0.5, 0.6) is 0 Å². The highest BCUT2D eigenvalue weighted by molar-refractivity contribution is 14.0. The first-order chi connectivity index (χ1) is 14.5. The second-order valence-electron chi connectivity index (χ2n) is 7.27. The van der Waals surface area contributed by atoms with Gasteiger partial charge in [0.15, 0.2) is 5.96 Å². The van der Waals surface area contributed by atoms with Crippen molar-refractivity contribution in [1.82, 2.24) is 4.90 Å². The maximum atomic E-state index is 14.7. The van der Waals surface area contributed by atoms with Gasteiger partial charge in [-0.3, -0.25) is 9.89 Å². The number of rotatable bonds is 7. The van der Waals surface area contributed by atoms with Crippen molar-refractivity contribution in [3.63, 3.8) is 0 Å². The second kappa shape index (κ2) is 12.5. The third kappa shape index (κ3) is 7.01. The summed E-state index contributed by atoms with van der Waals surface area (Å²) >= 11 is 6.37. The molecule has 170 valence electrons. The molecule has 0 amide bonds. The molecule has 0 spiro atoms. The maximum Gasteiger partial charge on any atom is 0.193 e. The molecular formula is C22H29ClFIN4O2. The number of methoxy groups -OCH3 is 1. The van der Waals surface area contributed by atoms with Gasteiger partial charge in [-0.15, -0.1) is 24.0 Å². The summed E-state index contributed by atoms with van der Waals surface area (Å²) in [5, 5.41) is 3.50. The van der Waals surface area contributed by atoms with E-state index in [1.54, 1.807) is 19.2 Å². The summed E-state index contributed by atoms with van der Waals surface area (Å²) in [4.78, 5) is 6.66. The minimum atomic E-state index is -0.348. The molecule has 1 heterocycles. The highest BCUT2D eigenvalue weighted by Gasteiger charge is 2.29. The largest absolute Gasteiger partial charge is 0.380 e. The van der Waals surface area contributed by atoms with Crippen LogP contribution in [0.2, 0.25) is 5.02 Å². The van der Waals surface area contributed by atoms with Gasteiger partial charge in [-0.2, -0.15) is 0 Å². The van der Waals surface area contributed by atoms with Crippen LogP contribution in [0.1, 0.15) is 24.1 Å². The Balaban J connectivity index is 0.00000341. The summed E-state index contributed by atoms with van der Waals surface area (Å²) in [5.74, 6) is -0.101. The Morgan fingerprint density at radius 1 is 1.35 bits per heavy atom. The molecule has 2 aromatic rings. The Morgan fingerprint density at radius 2 is 2.13 bits per heavy atom. The van der Waals surface area contributed by atoms with Gasteiger partial charge in [-0.1, -0.05) is 35.9 Å². The number of nitrogens with zero attached hydrogens (tertiary/aromatic N) is 2. The SMILES string of the molecule is COCc1ccccc1NC(N)=NCC(c1c(F)cccc1Cl)N1CCOC(C)C1.I. The molecule has 0 aromatic heterocycles. The lowest BCUT2D eigenvalue weighted by Gasteiger charge is -2.37. The fourth-order valence-corrected chi connectivity index (χ4v) is 3.92. The van der Waals surface area contributed by atoms with Crippen molar-refractivity contribution in [2.75, 3.05) is 38.7 Å². The molecule has 3 rings (SSSR count). The van der Waals surface area contributed by atoms with Crippen LogP contribution in [0.25, 0.3) is 0 Å². The summed E-state index contributed by atoms with van der Waals surface area (Å²) in [6.45, 7) is 4.62. The van der Waals surface area contributed by atoms with Crippen LogP contribution in [-0.4, -0.2) is 50.3 Å². The van der Waals surface area contributed by atoms with Crippen molar-refractivity contribution in [2.45, 2.75) is 25.7 Å². The van der Waals surface area contributed by atoms with Crippen LogP contribution in [-0.2, 0) is 16.1 Å². The van der Waals surface area contributed by atoms with Gasteiger partial charge in [-0.25, -0.2) is 4.39 Å². The minimum Gasteiger partial charge on any atom is -0.380 e. The fraction of sp³-hybridized carbons (Fsp3) is 0.409. The van der Waals surface area contributed by atoms with E-state index in [0.717, 1.165) is 11.3 Å². The van der Waals surface area contributed by atoms with Crippen molar-refractivity contribution >= 4 is 47.2 Å². The molecule has 0 bridgehead atoms. The average Bonchev–Trinajstić information content (AvgIpc) is 2.72. The van der Waals surface area contributed by atoms with Crippen LogP contribution >= 0.6 is 35.6 Å². The zero-order valence-corrected chi connectivity index (χ0v) is 20.8. The molecule has 6 nitrogen and oxygen atoms in total. The molecule has 1 fully saturated rings. The number of halogens is 3. The molecule has 0 aliphatic carbocycles. The number of hydrogen-bond acceptors (Lipinski definition) is 4. The summed E-state index contributed by atoms with van der Waals surface area (Å²) < 4.78 is 25.6. The highest BCUT2D eigenvalue weighted by atomic mass is 127. The number of nitrogens with two attached hydrogens (primary N) is 1. The molecule has 31 heavy (non-hydrogen) atoms. The second-order valence-corrected chi connectivity index (χ2v) is 7.68. The number of nitrogens with one attached hydrogen (secondary N) is 1. The Labute approximate surface area is 205 Å². The summed E-state index contributed by atoms with van der Waals surface area (Å²) in [6, 6.07) is 12.1. The maximum absolute atomic E-state index is 14.7. The van der Waals surface area contributed by atoms with Gasteiger partial charge in [0.2, 0.25) is 0 Å². The first-order valence-corrected chi connectivity index (χ1v) is 10.3. The lowest BCUT2D eigenvalue weighted by atomic mass is 10.0. The average molecular weight is 563 g/mol. The van der Waals surface area contributed by atoms with E-state index in [0.29, 0.717) is 36.9 Å². The minimum absolute atomic E-state index is 0. The van der Waals surface area contributed by atoms with E-state index in [9.17, 15) is 4.39 Å². The number of hydrogen-bond donors (Lipinski definition) is 2. The Hall–Kier alpha value is -1.46. The van der Waals surface area contributed by atoms with E-state index >= 15 is 0 Å². The fourth-order valence-electron chi connectivity index (χ4n) is 3.63. The molecule has 1 saturated heterocycles. The molecular weight excluding hydrogens is 534 g/mol. The summed E-state index contributed by atoms with van der Waals surface area (Å²) in [7, 11) is 1.64. The van der Waals surface area contributed by atoms with Gasteiger partial charge in [0.05, 0.1) is 31.9 Å². The number of anilines is 1. The molecule has 0 saturated carbocycles. The van der Waals surface area contributed by atoms with E-state index in [1.165, 1.54) is 6.07 Å². The van der Waals surface area contributed by atoms with Gasteiger partial charge >= 0.3 is 0 Å². The molecule has 9 heteroatoms. The molecule has 1 aliphatic rings. The zero-order valence-electron chi connectivity index (χ0n) is 17.7. The Kier molecular flexibility index (Phi) is 10.4. The molecule has 3 N–H and O–H groups in total. The van der Waals surface area contributed by atoms with Crippen LogP contribution in [0.4, 0.5) is 10.1 Å². The lowest BCUT2D eigenvalue weighted by molar-refractivity contribution is -0.0336. The van der Waals surface area contributed by atoms with Gasteiger partial charge in [0, 0.05) is 42.0 Å². The number of aliphatic imine (C=N–C) groups is 1. The predicted octanol–water partition coefficient (Wildman–Crippen LogP) is 4.43. The van der Waals surface area contributed by atoms with Gasteiger partial charge < -0.3 is 20.5 Å². The predicted molar refractivity (Wildman–Crippen MR) is 134 cm³/mol. The van der Waals surface area contributed by atoms with E-state index in [1.807, 2.05) is 31.2 Å². The normalized spacial score (nSPS) is 18.3. The molecule has 2 atom stereocenters. The molecule has 2 aromatic carbocycles. The zero-order chi connectivity index (χ0) is 21.5. The Bertz CT molecular complexity index is 866. The molecule has 0 radical (unpaired) electrons. The van der Waals surface area contributed by atoms with Crippen molar-refractivity contribution in [3.8, 4) is 0 Å². The number of morpholine rings is 1. The molecule has 2 unspecified atom stereocenters. The van der Waals surface area contributed by atoms with Gasteiger partial charge in [0.25, 0.3) is 0 Å². The molecule has 1 aliphatic heterocycles. The monoisotopic (exact) mass is 562 g/mol. The van der Waals surface area contributed by atoms with Crippen molar-refractivity contribution in [2.24, 2.45) is 10.7 Å². The standard InChI is InChI=1S/C22H28ClFN4O2.HI/c1-15-13-28(10-11-30-15)20(21-17(23)7-5-8-18(21)24)12-26-22(25)27-19-9-4-3-6-16(19)14-29-2;/h3-9,15,20H,10-14H2,1-2H3,(H3,25,26,27);1H. The van der Waals surface area contributed by atoms with E-state index in [4.69, 9.17) is 26.8 Å². The highest BCUT2D eigenvalue weighted by Crippen LogP contribution is 2.31. The first-order valence-electron chi connectivity index (χ1n) is 9.93. The van der Waals surface area contributed by atoms with Gasteiger partial charge in [0.1, 0.15) is 5.82 Å². The number of para-hydroxylation sites is 1. The number of guanidine groups is 1. The van der Waals surface area contributed by atoms with Crippen molar-refractivity contribution in [3.05, 3.63) is 64.4 Å². The van der Waals surface area contributed by atoms with E-state index < -0.39 is 0 Å². The van der Waals surface area contributed by atoms with E-state index in [-0.39, 0.29) is 54.4 Å². The number of benzene rings is 2. The van der Waals surface area contributed by atoms with Gasteiger partial charge in [-0.05, 0) is 25.1 Å². The topological polar surface area (TPSA) is 72.1 Å². The summed E-state index contributed by atoms with van der Waals surface area (Å²) in [5.41, 5.74) is 8.38. The van der Waals surface area contributed by atoms with Crippen LogP contribution in [0.3, 0.4) is 0 Å². The quantitative estimate of drug-likeness (QED) is 0.297. The van der Waals surface area contributed by atoms with Crippen LogP contribution in [0.15, 0.2) is 47.5 Å². The van der Waals surface area contributed by atoms with E-state index in [2.05, 4.69) is 15.2 Å². The van der Waals surface area contributed by atoms with Crippen LogP contribution in [0, 0.1) is 5.82 Å². The number of ether oxygens (including phenoxy) is 2. The smallest absolute Gasteiger partial charge is 0.193 e. The first kappa shape index (κ1) is 25.8.